The van der Waals surface area contributed by atoms with Gasteiger partial charge in [0.15, 0.2) is 5.69 Å². The standard InChI is InChI=1S/C8H9NO4/c10-8(11)6-3-7(13-9-6)5-1-2-12-4-5/h3,5H,1-2,4H2,(H,10,11). The predicted molar refractivity (Wildman–Crippen MR) is 41.6 cm³/mol. The molecule has 0 bridgehead atoms. The van der Waals surface area contributed by atoms with Crippen LogP contribution < -0.4 is 0 Å². The van der Waals surface area contributed by atoms with Crippen molar-refractivity contribution in [3.8, 4) is 0 Å². The number of carbonyl (C=O) groups is 1. The predicted octanol–water partition coefficient (Wildman–Crippen LogP) is 0.877. The van der Waals surface area contributed by atoms with Crippen LogP contribution in [0, 0.1) is 0 Å². The van der Waals surface area contributed by atoms with E-state index in [0.717, 1.165) is 6.42 Å². The highest BCUT2D eigenvalue weighted by Crippen LogP contribution is 2.25. The quantitative estimate of drug-likeness (QED) is 0.736. The van der Waals surface area contributed by atoms with Crippen LogP contribution in [-0.4, -0.2) is 29.4 Å². The van der Waals surface area contributed by atoms with Crippen molar-refractivity contribution in [1.82, 2.24) is 5.16 Å². The second-order valence-corrected chi connectivity index (χ2v) is 2.98. The van der Waals surface area contributed by atoms with Gasteiger partial charge in [0, 0.05) is 18.6 Å². The lowest BCUT2D eigenvalue weighted by Crippen LogP contribution is -1.96. The first-order valence-electron chi connectivity index (χ1n) is 4.05. The van der Waals surface area contributed by atoms with E-state index in [-0.39, 0.29) is 11.6 Å². The molecular weight excluding hydrogens is 174 g/mol. The summed E-state index contributed by atoms with van der Waals surface area (Å²) in [7, 11) is 0. The van der Waals surface area contributed by atoms with Crippen LogP contribution in [-0.2, 0) is 4.74 Å². The van der Waals surface area contributed by atoms with E-state index in [1.165, 1.54) is 6.07 Å². The van der Waals surface area contributed by atoms with Crippen LogP contribution in [0.3, 0.4) is 0 Å². The van der Waals surface area contributed by atoms with Crippen LogP contribution in [0.2, 0.25) is 0 Å². The van der Waals surface area contributed by atoms with E-state index < -0.39 is 5.97 Å². The first kappa shape index (κ1) is 8.25. The first-order chi connectivity index (χ1) is 6.27. The molecule has 1 aliphatic rings. The molecular formula is C8H9NO4. The molecule has 1 aliphatic heterocycles. The number of aromatic nitrogens is 1. The van der Waals surface area contributed by atoms with Crippen molar-refractivity contribution >= 4 is 5.97 Å². The summed E-state index contributed by atoms with van der Waals surface area (Å²) in [5, 5.41) is 12.0. The molecule has 2 rings (SSSR count). The zero-order valence-corrected chi connectivity index (χ0v) is 6.90. The van der Waals surface area contributed by atoms with E-state index in [1.54, 1.807) is 0 Å². The molecule has 0 aromatic carbocycles. The summed E-state index contributed by atoms with van der Waals surface area (Å²) in [6.07, 6.45) is 0.869. The molecule has 70 valence electrons. The van der Waals surface area contributed by atoms with Crippen molar-refractivity contribution in [2.75, 3.05) is 13.2 Å². The monoisotopic (exact) mass is 183 g/mol. The molecule has 0 amide bonds. The van der Waals surface area contributed by atoms with Crippen LogP contribution >= 0.6 is 0 Å². The minimum atomic E-state index is -1.06. The van der Waals surface area contributed by atoms with Gasteiger partial charge in [-0.2, -0.15) is 0 Å². The third-order valence-corrected chi connectivity index (χ3v) is 2.08. The van der Waals surface area contributed by atoms with Gasteiger partial charge in [0.05, 0.1) is 6.61 Å². The largest absolute Gasteiger partial charge is 0.476 e. The summed E-state index contributed by atoms with van der Waals surface area (Å²) in [6, 6.07) is 1.46. The van der Waals surface area contributed by atoms with E-state index >= 15 is 0 Å². The van der Waals surface area contributed by atoms with Gasteiger partial charge in [-0.3, -0.25) is 0 Å². The molecule has 1 atom stereocenters. The number of hydrogen-bond donors (Lipinski definition) is 1. The highest BCUT2D eigenvalue weighted by Gasteiger charge is 2.23. The van der Waals surface area contributed by atoms with Crippen LogP contribution in [0.4, 0.5) is 0 Å². The second-order valence-electron chi connectivity index (χ2n) is 2.98. The number of hydrogen-bond acceptors (Lipinski definition) is 4. The van der Waals surface area contributed by atoms with E-state index in [2.05, 4.69) is 5.16 Å². The summed E-state index contributed by atoms with van der Waals surface area (Å²) < 4.78 is 10.0. The number of nitrogens with zero attached hydrogens (tertiary/aromatic N) is 1. The Kier molecular flexibility index (Phi) is 2.02. The first-order valence-corrected chi connectivity index (χ1v) is 4.05. The lowest BCUT2D eigenvalue weighted by atomic mass is 10.1. The van der Waals surface area contributed by atoms with Gasteiger partial charge in [0.25, 0.3) is 0 Å². The number of aromatic carboxylic acids is 1. The lowest BCUT2D eigenvalue weighted by Gasteiger charge is -1.98. The average Bonchev–Trinajstić information content (AvgIpc) is 2.75. The molecule has 2 heterocycles. The maximum atomic E-state index is 10.5. The molecule has 0 radical (unpaired) electrons. The van der Waals surface area contributed by atoms with Crippen molar-refractivity contribution < 1.29 is 19.2 Å². The highest BCUT2D eigenvalue weighted by molar-refractivity contribution is 5.85. The summed E-state index contributed by atoms with van der Waals surface area (Å²) in [5.41, 5.74) is -0.0399. The summed E-state index contributed by atoms with van der Waals surface area (Å²) >= 11 is 0. The molecule has 1 aromatic rings. The molecule has 1 saturated heterocycles. The number of ether oxygens (including phenoxy) is 1. The third kappa shape index (κ3) is 1.55. The minimum Gasteiger partial charge on any atom is -0.476 e. The lowest BCUT2D eigenvalue weighted by molar-refractivity contribution is 0.0685. The molecule has 5 nitrogen and oxygen atoms in total. The van der Waals surface area contributed by atoms with Gasteiger partial charge in [-0.1, -0.05) is 5.16 Å². The third-order valence-electron chi connectivity index (χ3n) is 2.08. The smallest absolute Gasteiger partial charge is 0.358 e. The zero-order valence-electron chi connectivity index (χ0n) is 6.90. The van der Waals surface area contributed by atoms with E-state index in [1.807, 2.05) is 0 Å². The summed E-state index contributed by atoms with van der Waals surface area (Å²) in [5.74, 6) is -0.288. The fourth-order valence-corrected chi connectivity index (χ4v) is 1.34. The number of carboxylic acids is 1. The Balaban J connectivity index is 2.16. The summed E-state index contributed by atoms with van der Waals surface area (Å²) in [4.78, 5) is 10.5. The van der Waals surface area contributed by atoms with Crippen LogP contribution in [0.5, 0.6) is 0 Å². The van der Waals surface area contributed by atoms with Gasteiger partial charge >= 0.3 is 5.97 Å². The Bertz CT molecular complexity index is 314. The number of rotatable bonds is 2. The molecule has 0 spiro atoms. The molecule has 1 unspecified atom stereocenters. The number of carboxylic acid groups (broad SMARTS) is 1. The van der Waals surface area contributed by atoms with Crippen LogP contribution in [0.1, 0.15) is 28.6 Å². The molecule has 5 heteroatoms. The molecule has 1 fully saturated rings. The second kappa shape index (κ2) is 3.18. The SMILES string of the molecule is O=C(O)c1cc(C2CCOC2)on1. The van der Waals surface area contributed by atoms with Crippen LogP contribution in [0.15, 0.2) is 10.6 Å². The van der Waals surface area contributed by atoms with Gasteiger partial charge in [0.2, 0.25) is 0 Å². The van der Waals surface area contributed by atoms with E-state index in [0.29, 0.717) is 19.0 Å². The van der Waals surface area contributed by atoms with Crippen molar-refractivity contribution in [3.63, 3.8) is 0 Å². The summed E-state index contributed by atoms with van der Waals surface area (Å²) in [6.45, 7) is 1.29. The topological polar surface area (TPSA) is 72.6 Å². The van der Waals surface area contributed by atoms with Crippen molar-refractivity contribution in [3.05, 3.63) is 17.5 Å². The highest BCUT2D eigenvalue weighted by atomic mass is 16.5. The Morgan fingerprint density at radius 2 is 2.54 bits per heavy atom. The maximum Gasteiger partial charge on any atom is 0.358 e. The van der Waals surface area contributed by atoms with Gasteiger partial charge in [-0.15, -0.1) is 0 Å². The fourth-order valence-electron chi connectivity index (χ4n) is 1.34. The van der Waals surface area contributed by atoms with Crippen molar-refractivity contribution in [2.24, 2.45) is 0 Å². The zero-order chi connectivity index (χ0) is 9.26. The van der Waals surface area contributed by atoms with Crippen LogP contribution in [0.25, 0.3) is 0 Å². The molecule has 1 N–H and O–H groups in total. The molecule has 13 heavy (non-hydrogen) atoms. The van der Waals surface area contributed by atoms with Gasteiger partial charge in [-0.25, -0.2) is 4.79 Å². The van der Waals surface area contributed by atoms with Gasteiger partial charge in [0.1, 0.15) is 5.76 Å². The van der Waals surface area contributed by atoms with Crippen molar-refractivity contribution in [1.29, 1.82) is 0 Å². The normalized spacial score (nSPS) is 22.0. The Morgan fingerprint density at radius 1 is 1.69 bits per heavy atom. The Hall–Kier alpha value is -1.36. The average molecular weight is 183 g/mol. The Morgan fingerprint density at radius 3 is 3.08 bits per heavy atom. The van der Waals surface area contributed by atoms with E-state index in [4.69, 9.17) is 14.4 Å². The van der Waals surface area contributed by atoms with E-state index in [9.17, 15) is 4.79 Å². The fraction of sp³-hybridized carbons (Fsp3) is 0.500. The molecule has 0 aliphatic carbocycles. The minimum absolute atomic E-state index is 0.0399. The Labute approximate surface area is 74.3 Å². The van der Waals surface area contributed by atoms with Gasteiger partial charge < -0.3 is 14.4 Å². The molecule has 1 aromatic heterocycles. The van der Waals surface area contributed by atoms with Gasteiger partial charge in [-0.05, 0) is 6.42 Å². The molecule has 0 saturated carbocycles. The van der Waals surface area contributed by atoms with Crippen molar-refractivity contribution in [2.45, 2.75) is 12.3 Å². The maximum absolute atomic E-state index is 10.5.